The van der Waals surface area contributed by atoms with E-state index >= 15 is 0 Å². The summed E-state index contributed by atoms with van der Waals surface area (Å²) in [6.45, 7) is 5.56. The van der Waals surface area contributed by atoms with Gasteiger partial charge in [-0.3, -0.25) is 57.7 Å². The summed E-state index contributed by atoms with van der Waals surface area (Å²) in [6.07, 6.45) is -2.35. The third-order valence-corrected chi connectivity index (χ3v) is 13.9. The SMILES string of the molecule is CC(C(=O)N[C@@H](Cc1ccc(O)cc1)C(=O)N[C@H](C(=O)N[C@@H](CO)C(=O)N[C@@H](CO)C(=O)N[C@@H](CO)C(=O)N[C@@H](CCCCN)C(=O)N[C@@H](CC(N)=O)C(=O)N[C@H](C(=O)N[C@H](C(=O)N[C@@H](CCCN=C(N)N)C(=O)O)C(C)C)C(C)C)[C@@H](C)O)c1ccccc1. The number of carboxylic acids is 1. The summed E-state index contributed by atoms with van der Waals surface area (Å²) in [5, 5.41) is 84.3. The Labute approximate surface area is 519 Å². The van der Waals surface area contributed by atoms with Crippen molar-refractivity contribution in [2.24, 2.45) is 39.8 Å². The highest BCUT2D eigenvalue weighted by molar-refractivity contribution is 6.00. The largest absolute Gasteiger partial charge is 0.508 e. The number of aromatic hydroxyl groups is 1. The lowest BCUT2D eigenvalue weighted by atomic mass is 9.98. The van der Waals surface area contributed by atoms with Crippen LogP contribution in [0.25, 0.3) is 0 Å². The second-order valence-corrected chi connectivity index (χ2v) is 21.9. The molecule has 0 bridgehead atoms. The first-order valence-electron chi connectivity index (χ1n) is 29.0. The van der Waals surface area contributed by atoms with Crippen LogP contribution in [0, 0.1) is 11.8 Å². The van der Waals surface area contributed by atoms with E-state index in [0.29, 0.717) is 17.5 Å². The maximum absolute atomic E-state index is 14.0. The minimum absolute atomic E-state index is 0.0731. The van der Waals surface area contributed by atoms with Crippen LogP contribution in [0.3, 0.4) is 0 Å². The van der Waals surface area contributed by atoms with E-state index < -0.39 is 181 Å². The Balaban J connectivity index is 2.26. The molecule has 0 aliphatic carbocycles. The summed E-state index contributed by atoms with van der Waals surface area (Å²) >= 11 is 0. The number of guanidine groups is 1. The predicted octanol–water partition coefficient (Wildman–Crippen LogP) is -6.60. The molecule has 33 nitrogen and oxygen atoms in total. The Bertz CT molecular complexity index is 2770. The molecule has 2 rings (SSSR count). The smallest absolute Gasteiger partial charge is 0.326 e. The van der Waals surface area contributed by atoms with Crippen molar-refractivity contribution in [2.75, 3.05) is 32.9 Å². The molecule has 0 fully saturated rings. The summed E-state index contributed by atoms with van der Waals surface area (Å²) < 4.78 is 0. The highest BCUT2D eigenvalue weighted by atomic mass is 16.4. The third-order valence-electron chi connectivity index (χ3n) is 13.9. The van der Waals surface area contributed by atoms with Crippen LogP contribution in [0.4, 0.5) is 0 Å². The van der Waals surface area contributed by atoms with Crippen LogP contribution < -0.4 is 76.1 Å². The Morgan fingerprint density at radius 3 is 1.33 bits per heavy atom. The van der Waals surface area contributed by atoms with Crippen molar-refractivity contribution < 1.29 is 88.2 Å². The summed E-state index contributed by atoms with van der Waals surface area (Å²) in [4.78, 5) is 165. The number of phenolic OH excluding ortho intramolecular Hbond substituents is 1. The molecule has 0 aromatic heterocycles. The highest BCUT2D eigenvalue weighted by Crippen LogP contribution is 2.17. The van der Waals surface area contributed by atoms with Gasteiger partial charge in [0.25, 0.3) is 0 Å². The standard InChI is InChI=1S/C57H89N15O18/c1-28(2)43(53(86)64-36(56(89)90)16-12-22-62-57(60)61)71-54(87)44(29(3)4)70-49(82)38(24-42(59)78)66-47(80)35(15-10-11-21-58)63-50(83)39(25-73)67-51(84)40(26-74)68-52(85)41(27-75)69-55(88)45(31(6)76)72-48(81)37(23-32-17-19-34(77)20-18-32)65-46(79)30(5)33-13-8-7-9-14-33/h7-9,13-14,17-20,28-31,35-41,43-45,73-77H,10-12,15-16,21-27,58H2,1-6H3,(H2,59,78)(H,63,83)(H,64,86)(H,65,79)(H,66,80)(H,67,84)(H,68,85)(H,69,88)(H,70,82)(H,71,87)(H,72,81)(H,89,90)(H4,60,61,62)/t30?,31-,35+,36+,37+,38+,39+,40+,41+,43+,44+,45+/m1/s1. The van der Waals surface area contributed by atoms with Crippen LogP contribution in [0.1, 0.15) is 97.1 Å². The molecule has 2 aromatic carbocycles. The highest BCUT2D eigenvalue weighted by Gasteiger charge is 2.38. The monoisotopic (exact) mass is 1270 g/mol. The molecule has 12 atom stereocenters. The summed E-state index contributed by atoms with van der Waals surface area (Å²) in [7, 11) is 0. The van der Waals surface area contributed by atoms with Gasteiger partial charge in [0.15, 0.2) is 5.96 Å². The van der Waals surface area contributed by atoms with Crippen molar-refractivity contribution in [3.05, 3.63) is 65.7 Å². The zero-order chi connectivity index (χ0) is 67.9. The van der Waals surface area contributed by atoms with Gasteiger partial charge in [-0.2, -0.15) is 0 Å². The maximum atomic E-state index is 14.0. The quantitative estimate of drug-likeness (QED) is 0.0168. The van der Waals surface area contributed by atoms with E-state index in [0.717, 1.165) is 6.92 Å². The Morgan fingerprint density at radius 1 is 0.467 bits per heavy atom. The number of nitrogens with two attached hydrogens (primary N) is 4. The minimum atomic E-state index is -1.97. The van der Waals surface area contributed by atoms with Crippen LogP contribution in [0.5, 0.6) is 5.75 Å². The van der Waals surface area contributed by atoms with Crippen molar-refractivity contribution in [3.8, 4) is 5.75 Å². The van der Waals surface area contributed by atoms with Crippen molar-refractivity contribution in [1.29, 1.82) is 0 Å². The molecule has 0 saturated carbocycles. The second kappa shape index (κ2) is 39.1. The number of carboxylic acid groups (broad SMARTS) is 1. The van der Waals surface area contributed by atoms with Gasteiger partial charge in [0.05, 0.1) is 38.3 Å². The van der Waals surface area contributed by atoms with E-state index in [-0.39, 0.29) is 56.9 Å². The fourth-order valence-electron chi connectivity index (χ4n) is 8.62. The number of carbonyl (C=O) groups excluding carboxylic acids is 11. The van der Waals surface area contributed by atoms with Gasteiger partial charge in [-0.05, 0) is 87.6 Å². The van der Waals surface area contributed by atoms with Crippen molar-refractivity contribution in [1.82, 2.24) is 53.2 Å². The number of aliphatic hydroxyl groups is 4. The van der Waals surface area contributed by atoms with E-state index in [1.807, 2.05) is 0 Å². The number of hydrogen-bond acceptors (Lipinski definition) is 19. The lowest BCUT2D eigenvalue weighted by Gasteiger charge is -2.29. The Hall–Kier alpha value is -9.05. The number of nitrogens with zero attached hydrogens (tertiary/aromatic N) is 1. The lowest BCUT2D eigenvalue weighted by molar-refractivity contribution is -0.143. The molecule has 1 unspecified atom stereocenters. The molecular formula is C57H89N15O18. The number of aliphatic imine (C=N–C) groups is 1. The molecule has 90 heavy (non-hydrogen) atoms. The molecule has 0 heterocycles. The van der Waals surface area contributed by atoms with Gasteiger partial charge in [-0.15, -0.1) is 0 Å². The third kappa shape index (κ3) is 26.3. The number of aliphatic carboxylic acids is 1. The van der Waals surface area contributed by atoms with Gasteiger partial charge in [-0.25, -0.2) is 4.79 Å². The van der Waals surface area contributed by atoms with Crippen LogP contribution in [-0.2, 0) is 64.0 Å². The maximum Gasteiger partial charge on any atom is 0.326 e. The number of primary amides is 1. The van der Waals surface area contributed by atoms with Gasteiger partial charge < -0.3 is 107 Å². The van der Waals surface area contributed by atoms with Crippen molar-refractivity contribution in [2.45, 2.75) is 159 Å². The van der Waals surface area contributed by atoms with Crippen molar-refractivity contribution in [3.63, 3.8) is 0 Å². The van der Waals surface area contributed by atoms with E-state index in [1.54, 1.807) is 51.1 Å². The fraction of sp³-hybridized carbons (Fsp3) is 0.561. The second-order valence-electron chi connectivity index (χ2n) is 21.9. The summed E-state index contributed by atoms with van der Waals surface area (Å²) in [6, 6.07) is -2.38. The Morgan fingerprint density at radius 2 is 0.867 bits per heavy atom. The molecule has 500 valence electrons. The van der Waals surface area contributed by atoms with E-state index in [9.17, 15) is 88.2 Å². The van der Waals surface area contributed by atoms with E-state index in [1.165, 1.54) is 38.1 Å². The average Bonchev–Trinajstić information content (AvgIpc) is 1.06. The lowest BCUT2D eigenvalue weighted by Crippen LogP contribution is -2.63. The van der Waals surface area contributed by atoms with Gasteiger partial charge in [0.1, 0.15) is 66.2 Å². The predicted molar refractivity (Wildman–Crippen MR) is 323 cm³/mol. The number of aliphatic hydroxyl groups excluding tert-OH is 4. The van der Waals surface area contributed by atoms with Crippen LogP contribution >= 0.6 is 0 Å². The van der Waals surface area contributed by atoms with E-state index in [2.05, 4.69) is 58.2 Å². The average molecular weight is 1270 g/mol. The van der Waals surface area contributed by atoms with Gasteiger partial charge in [0.2, 0.25) is 65.0 Å². The van der Waals surface area contributed by atoms with Gasteiger partial charge in [0, 0.05) is 13.0 Å². The minimum Gasteiger partial charge on any atom is -0.508 e. The van der Waals surface area contributed by atoms with Crippen LogP contribution in [-0.4, -0.2) is 207 Å². The molecular weight excluding hydrogens is 1180 g/mol. The summed E-state index contributed by atoms with van der Waals surface area (Å²) in [5.41, 5.74) is 22.9. The molecule has 11 amide bonds. The van der Waals surface area contributed by atoms with E-state index in [4.69, 9.17) is 22.9 Å². The zero-order valence-electron chi connectivity index (χ0n) is 51.1. The molecule has 0 aliphatic rings. The molecule has 0 radical (unpaired) electrons. The number of rotatable bonds is 40. The number of unbranched alkanes of at least 4 members (excludes halogenated alkanes) is 1. The van der Waals surface area contributed by atoms with Crippen molar-refractivity contribution >= 4 is 76.9 Å². The Kier molecular flexibility index (Phi) is 33.4. The molecule has 2 aromatic rings. The number of benzene rings is 2. The number of amides is 11. The first-order valence-corrected chi connectivity index (χ1v) is 29.0. The first-order chi connectivity index (χ1) is 42.4. The van der Waals surface area contributed by atoms with Gasteiger partial charge in [-0.1, -0.05) is 70.2 Å². The zero-order valence-corrected chi connectivity index (χ0v) is 51.1. The van der Waals surface area contributed by atoms with Crippen LogP contribution in [0.15, 0.2) is 59.6 Å². The summed E-state index contributed by atoms with van der Waals surface area (Å²) in [5.74, 6) is -15.6. The number of carbonyl (C=O) groups is 12. The van der Waals surface area contributed by atoms with Gasteiger partial charge >= 0.3 is 5.97 Å². The number of phenols is 1. The molecule has 33 heteroatoms. The first kappa shape index (κ1) is 77.0. The number of nitrogens with one attached hydrogen (secondary N) is 10. The fourth-order valence-corrected chi connectivity index (χ4v) is 8.62. The normalized spacial score (nSPS) is 15.1. The number of hydrogen-bond donors (Lipinski definition) is 20. The molecule has 0 saturated heterocycles. The molecule has 0 spiro atoms. The molecule has 0 aliphatic heterocycles. The topological polar surface area (TPSA) is 563 Å². The van der Waals surface area contributed by atoms with Crippen LogP contribution in [0.2, 0.25) is 0 Å². The molecule has 24 N–H and O–H groups in total.